The van der Waals surface area contributed by atoms with Gasteiger partial charge in [-0.2, -0.15) is 0 Å². The molecule has 1 heterocycles. The van der Waals surface area contributed by atoms with Crippen molar-refractivity contribution in [1.82, 2.24) is 4.72 Å². The number of benzene rings is 3. The van der Waals surface area contributed by atoms with E-state index in [0.29, 0.717) is 29.8 Å². The van der Waals surface area contributed by atoms with Gasteiger partial charge in [-0.1, -0.05) is 63.0 Å². The van der Waals surface area contributed by atoms with E-state index in [0.717, 1.165) is 53.1 Å². The van der Waals surface area contributed by atoms with E-state index in [2.05, 4.69) is 34.0 Å². The number of unbranched alkanes of at least 4 members (excludes halogenated alkanes) is 1. The van der Waals surface area contributed by atoms with E-state index in [4.69, 9.17) is 15.9 Å². The van der Waals surface area contributed by atoms with Crippen LogP contribution >= 0.6 is 0 Å². The molecule has 3 aromatic carbocycles. The lowest BCUT2D eigenvalue weighted by molar-refractivity contribution is 0.440. The van der Waals surface area contributed by atoms with Gasteiger partial charge in [0.25, 0.3) is 0 Å². The van der Waals surface area contributed by atoms with Gasteiger partial charge in [0, 0.05) is 29.0 Å². The second-order valence-electron chi connectivity index (χ2n) is 11.1. The number of sulfonamides is 1. The Morgan fingerprint density at radius 3 is 2.49 bits per heavy atom. The maximum atomic E-state index is 12.7. The van der Waals surface area contributed by atoms with E-state index in [9.17, 15) is 8.42 Å². The molecule has 0 saturated heterocycles. The first-order valence-corrected chi connectivity index (χ1v) is 16.0. The Bertz CT molecular complexity index is 1690. The number of aliphatic imine (C=N–C) groups is 1. The summed E-state index contributed by atoms with van der Waals surface area (Å²) >= 11 is 0. The minimum atomic E-state index is -3.58. The molecule has 1 aliphatic heterocycles. The highest BCUT2D eigenvalue weighted by Crippen LogP contribution is 2.45. The Kier molecular flexibility index (Phi) is 7.53. The van der Waals surface area contributed by atoms with Crippen LogP contribution in [-0.4, -0.2) is 26.6 Å². The molecule has 0 atom stereocenters. The highest BCUT2D eigenvalue weighted by molar-refractivity contribution is 7.89. The van der Waals surface area contributed by atoms with Gasteiger partial charge in [0.05, 0.1) is 4.90 Å². The summed E-state index contributed by atoms with van der Waals surface area (Å²) in [5.41, 5.74) is 10.2. The second kappa shape index (κ2) is 11.3. The van der Waals surface area contributed by atoms with Crippen LogP contribution in [-0.2, 0) is 10.0 Å². The van der Waals surface area contributed by atoms with E-state index in [1.165, 1.54) is 24.8 Å². The number of nitrogens with one attached hydrogen (secondary N) is 2. The highest BCUT2D eigenvalue weighted by atomic mass is 32.2. The van der Waals surface area contributed by atoms with Crippen LogP contribution in [0.15, 0.2) is 76.7 Å². The van der Waals surface area contributed by atoms with Gasteiger partial charge in [-0.3, -0.25) is 5.41 Å². The third-order valence-corrected chi connectivity index (χ3v) is 9.83. The van der Waals surface area contributed by atoms with Crippen LogP contribution in [0, 0.1) is 5.41 Å². The van der Waals surface area contributed by atoms with Crippen LogP contribution in [0.4, 0.5) is 0 Å². The Morgan fingerprint density at radius 1 is 1.05 bits per heavy atom. The number of allylic oxidation sites excluding steroid dienone is 4. The number of amidine groups is 2. The first-order valence-electron chi connectivity index (χ1n) is 14.6. The summed E-state index contributed by atoms with van der Waals surface area (Å²) in [4.78, 5) is 4.54. The van der Waals surface area contributed by atoms with Crippen LogP contribution in [0.5, 0.6) is 11.5 Å². The number of hydrogen-bond acceptors (Lipinski definition) is 5. The summed E-state index contributed by atoms with van der Waals surface area (Å²) in [6, 6.07) is 13.0. The van der Waals surface area contributed by atoms with Gasteiger partial charge in [-0.25, -0.2) is 18.1 Å². The predicted octanol–water partition coefficient (Wildman–Crippen LogP) is 7.01. The van der Waals surface area contributed by atoms with Gasteiger partial charge in [0.1, 0.15) is 17.3 Å². The monoisotopic (exact) mass is 568 g/mol. The highest BCUT2D eigenvalue weighted by Gasteiger charge is 2.30. The number of nitrogens with zero attached hydrogens (tertiary/aromatic N) is 1. The van der Waals surface area contributed by atoms with Crippen LogP contribution in [0.3, 0.4) is 0 Å². The fraction of sp³-hybridized carbons (Fsp3) is 0.333. The average Bonchev–Trinajstić information content (AvgIpc) is 3.61. The molecular weight excluding hydrogens is 532 g/mol. The van der Waals surface area contributed by atoms with Crippen molar-refractivity contribution < 1.29 is 13.2 Å². The van der Waals surface area contributed by atoms with Crippen LogP contribution in [0.1, 0.15) is 86.0 Å². The number of hydrogen-bond donors (Lipinski definition) is 3. The number of fused-ring (bicyclic) bond motifs is 2. The molecule has 0 amide bonds. The first kappa shape index (κ1) is 27.4. The second-order valence-corrected chi connectivity index (χ2v) is 12.9. The number of ether oxygens (including phenoxy) is 1. The number of rotatable bonds is 9. The summed E-state index contributed by atoms with van der Waals surface area (Å²) in [5, 5.41) is 10.5. The molecule has 0 spiro atoms. The zero-order chi connectivity index (χ0) is 28.6. The quantitative estimate of drug-likeness (QED) is 0.241. The fourth-order valence-electron chi connectivity index (χ4n) is 6.25. The average molecular weight is 569 g/mol. The Labute approximate surface area is 241 Å². The molecule has 1 fully saturated rings. The molecule has 41 heavy (non-hydrogen) atoms. The molecule has 3 aromatic rings. The van der Waals surface area contributed by atoms with E-state index in [1.807, 2.05) is 25.1 Å². The summed E-state index contributed by atoms with van der Waals surface area (Å²) in [7, 11) is -3.58. The van der Waals surface area contributed by atoms with Crippen molar-refractivity contribution in [2.45, 2.75) is 68.6 Å². The van der Waals surface area contributed by atoms with Gasteiger partial charge in [0.15, 0.2) is 5.84 Å². The topological polar surface area (TPSA) is 118 Å². The lowest BCUT2D eigenvalue weighted by Gasteiger charge is -2.25. The molecule has 3 aliphatic rings. The zero-order valence-electron chi connectivity index (χ0n) is 23.3. The van der Waals surface area contributed by atoms with Crippen LogP contribution in [0.25, 0.3) is 10.8 Å². The number of nitrogens with two attached hydrogens (primary N) is 1. The molecule has 1 saturated carbocycles. The third kappa shape index (κ3) is 5.34. The van der Waals surface area contributed by atoms with E-state index in [1.54, 1.807) is 24.3 Å². The molecule has 4 N–H and O–H groups in total. The van der Waals surface area contributed by atoms with Crippen molar-refractivity contribution in [1.29, 1.82) is 5.41 Å². The van der Waals surface area contributed by atoms with Gasteiger partial charge in [-0.05, 0) is 78.1 Å². The third-order valence-electron chi connectivity index (χ3n) is 8.35. The Morgan fingerprint density at radius 2 is 1.78 bits per heavy atom. The molecule has 6 rings (SSSR count). The van der Waals surface area contributed by atoms with Gasteiger partial charge in [0.2, 0.25) is 10.0 Å². The van der Waals surface area contributed by atoms with Crippen LogP contribution in [0.2, 0.25) is 0 Å². The van der Waals surface area contributed by atoms with E-state index < -0.39 is 10.0 Å². The van der Waals surface area contributed by atoms with Crippen LogP contribution < -0.4 is 15.2 Å². The zero-order valence-corrected chi connectivity index (χ0v) is 24.1. The standard InChI is InChI=1S/C33H36N4O3S/c1-2-3-17-36-41(38,39)26-15-13-25(14-16-26)40-28-20-23(21-9-5-4-6-10-21)18-24-19-27-31(33(35)37-32(27)34)30(29(24)28)22-11-7-8-12-22/h7-8,11-16,18-22,36H,2-6,9-10,17H2,1H3,(H3,34,35,37). The predicted molar refractivity (Wildman–Crippen MR) is 165 cm³/mol. The molecule has 0 bridgehead atoms. The molecule has 8 heteroatoms. The fourth-order valence-corrected chi connectivity index (χ4v) is 7.32. The Balaban J connectivity index is 1.47. The van der Waals surface area contributed by atoms with E-state index in [-0.39, 0.29) is 16.6 Å². The summed E-state index contributed by atoms with van der Waals surface area (Å²) < 4.78 is 34.7. The molecule has 0 aromatic heterocycles. The SMILES string of the molecule is CCCCNS(=O)(=O)c1ccc(Oc2cc(C3CCCCC3)cc3cc4c(c(C5C=CC=C5)c23)C(N)=NC4=N)cc1. The normalized spacial score (nSPS) is 17.4. The summed E-state index contributed by atoms with van der Waals surface area (Å²) in [6.45, 7) is 2.44. The van der Waals surface area contributed by atoms with Gasteiger partial charge >= 0.3 is 0 Å². The first-order chi connectivity index (χ1) is 19.9. The molecule has 212 valence electrons. The maximum absolute atomic E-state index is 12.7. The molecule has 7 nitrogen and oxygen atoms in total. The van der Waals surface area contributed by atoms with Crippen molar-refractivity contribution in [3.63, 3.8) is 0 Å². The van der Waals surface area contributed by atoms with E-state index >= 15 is 0 Å². The smallest absolute Gasteiger partial charge is 0.240 e. The lowest BCUT2D eigenvalue weighted by atomic mass is 9.81. The lowest BCUT2D eigenvalue weighted by Crippen LogP contribution is -2.24. The van der Waals surface area contributed by atoms with Crippen molar-refractivity contribution in [3.8, 4) is 11.5 Å². The van der Waals surface area contributed by atoms with Crippen molar-refractivity contribution in [2.75, 3.05) is 6.54 Å². The summed E-state index contributed by atoms with van der Waals surface area (Å²) in [5.74, 6) is 2.21. The molecular formula is C33H36N4O3S. The maximum Gasteiger partial charge on any atom is 0.240 e. The minimum Gasteiger partial charge on any atom is -0.457 e. The Hall–Kier alpha value is -3.75. The van der Waals surface area contributed by atoms with Crippen molar-refractivity contribution >= 4 is 32.5 Å². The summed E-state index contributed by atoms with van der Waals surface area (Å²) in [6.07, 6.45) is 16.0. The largest absolute Gasteiger partial charge is 0.457 e. The molecule has 0 unspecified atom stereocenters. The van der Waals surface area contributed by atoms with Crippen molar-refractivity contribution in [2.24, 2.45) is 10.7 Å². The van der Waals surface area contributed by atoms with Gasteiger partial charge in [-0.15, -0.1) is 0 Å². The van der Waals surface area contributed by atoms with Crippen molar-refractivity contribution in [3.05, 3.63) is 89.0 Å². The minimum absolute atomic E-state index is 0.0308. The molecule has 0 radical (unpaired) electrons. The molecule has 2 aliphatic carbocycles. The van der Waals surface area contributed by atoms with Gasteiger partial charge < -0.3 is 10.5 Å².